The zero-order valence-corrected chi connectivity index (χ0v) is 11.5. The molecule has 1 rings (SSSR count). The maximum absolute atomic E-state index is 11.9. The van der Waals surface area contributed by atoms with Crippen LogP contribution < -0.4 is 5.73 Å². The number of carboxylic acids is 1. The number of thioether (sulfide) groups is 1. The van der Waals surface area contributed by atoms with Crippen molar-refractivity contribution < 1.29 is 19.4 Å². The molecule has 18 heavy (non-hydrogen) atoms. The highest BCUT2D eigenvalue weighted by Gasteiger charge is 2.25. The average molecular weight is 276 g/mol. The number of carbonyl (C=O) groups is 2. The number of nitrogens with two attached hydrogens (primary N) is 1. The summed E-state index contributed by atoms with van der Waals surface area (Å²) in [7, 11) is 0. The fraction of sp³-hybridized carbons (Fsp3) is 0.818. The van der Waals surface area contributed by atoms with Gasteiger partial charge in [0.05, 0.1) is 18.0 Å². The van der Waals surface area contributed by atoms with E-state index in [1.54, 1.807) is 4.90 Å². The van der Waals surface area contributed by atoms with Crippen LogP contribution in [0.3, 0.4) is 0 Å². The summed E-state index contributed by atoms with van der Waals surface area (Å²) >= 11 is 1.26. The Morgan fingerprint density at radius 2 is 2.00 bits per heavy atom. The monoisotopic (exact) mass is 276 g/mol. The van der Waals surface area contributed by atoms with E-state index in [0.717, 1.165) is 0 Å². The Balaban J connectivity index is 2.30. The largest absolute Gasteiger partial charge is 0.480 e. The number of amides is 1. The molecule has 0 aromatic heterocycles. The third-order valence-electron chi connectivity index (χ3n) is 2.61. The second-order valence-electron chi connectivity index (χ2n) is 4.52. The predicted octanol–water partition coefficient (Wildman–Crippen LogP) is -0.233. The lowest BCUT2D eigenvalue weighted by Crippen LogP contribution is -2.48. The molecule has 1 aliphatic heterocycles. The highest BCUT2D eigenvalue weighted by Crippen LogP contribution is 2.13. The van der Waals surface area contributed by atoms with Gasteiger partial charge in [-0.25, -0.2) is 0 Å². The first kappa shape index (κ1) is 15.3. The van der Waals surface area contributed by atoms with Gasteiger partial charge in [0.25, 0.3) is 0 Å². The smallest absolute Gasteiger partial charge is 0.321 e. The van der Waals surface area contributed by atoms with Crippen LogP contribution in [0.2, 0.25) is 0 Å². The zero-order valence-electron chi connectivity index (χ0n) is 10.7. The first-order chi connectivity index (χ1) is 8.40. The van der Waals surface area contributed by atoms with E-state index in [1.165, 1.54) is 11.8 Å². The van der Waals surface area contributed by atoms with Gasteiger partial charge in [0.1, 0.15) is 6.04 Å². The first-order valence-corrected chi connectivity index (χ1v) is 7.05. The number of hydrogen-bond acceptors (Lipinski definition) is 5. The maximum Gasteiger partial charge on any atom is 0.321 e. The second-order valence-corrected chi connectivity index (χ2v) is 5.55. The van der Waals surface area contributed by atoms with E-state index in [1.807, 2.05) is 13.8 Å². The fourth-order valence-electron chi connectivity index (χ4n) is 1.82. The Morgan fingerprint density at radius 1 is 1.44 bits per heavy atom. The number of carboxylic acid groups (broad SMARTS) is 1. The molecule has 1 fully saturated rings. The molecule has 7 heteroatoms. The molecule has 6 nitrogen and oxygen atoms in total. The van der Waals surface area contributed by atoms with Crippen molar-refractivity contribution in [1.82, 2.24) is 4.90 Å². The molecule has 0 spiro atoms. The van der Waals surface area contributed by atoms with Gasteiger partial charge in [-0.3, -0.25) is 9.59 Å². The lowest BCUT2D eigenvalue weighted by atomic mass is 10.2. The van der Waals surface area contributed by atoms with Crippen molar-refractivity contribution in [1.29, 1.82) is 0 Å². The summed E-state index contributed by atoms with van der Waals surface area (Å²) in [6.07, 6.45) is 0.0907. The summed E-state index contributed by atoms with van der Waals surface area (Å²) < 4.78 is 5.54. The molecular weight excluding hydrogens is 256 g/mol. The molecule has 0 aromatic carbocycles. The van der Waals surface area contributed by atoms with E-state index in [4.69, 9.17) is 15.6 Å². The van der Waals surface area contributed by atoms with Gasteiger partial charge in [0, 0.05) is 18.8 Å². The summed E-state index contributed by atoms with van der Waals surface area (Å²) in [5.41, 5.74) is 5.36. The van der Waals surface area contributed by atoms with Crippen LogP contribution >= 0.6 is 11.8 Å². The SMILES string of the molecule is CC1CN(C(=O)CSC[C@H](N)C(=O)O)CC(C)O1. The normalized spacial score (nSPS) is 25.8. The topological polar surface area (TPSA) is 92.9 Å². The van der Waals surface area contributed by atoms with Gasteiger partial charge >= 0.3 is 5.97 Å². The third-order valence-corrected chi connectivity index (χ3v) is 3.66. The highest BCUT2D eigenvalue weighted by molar-refractivity contribution is 8.00. The summed E-state index contributed by atoms with van der Waals surface area (Å²) in [5.74, 6) is -0.514. The summed E-state index contributed by atoms with van der Waals surface area (Å²) in [5, 5.41) is 8.62. The highest BCUT2D eigenvalue weighted by atomic mass is 32.2. The number of carbonyl (C=O) groups excluding carboxylic acids is 1. The average Bonchev–Trinajstić information content (AvgIpc) is 2.27. The quantitative estimate of drug-likeness (QED) is 0.720. The minimum absolute atomic E-state index is 0.0135. The van der Waals surface area contributed by atoms with Crippen molar-refractivity contribution in [2.75, 3.05) is 24.6 Å². The Bertz CT molecular complexity index is 303. The summed E-state index contributed by atoms with van der Waals surface area (Å²) in [6, 6.07) is -0.912. The van der Waals surface area contributed by atoms with Crippen LogP contribution in [0.1, 0.15) is 13.8 Å². The van der Waals surface area contributed by atoms with E-state index in [0.29, 0.717) is 13.1 Å². The van der Waals surface area contributed by atoms with Gasteiger partial charge < -0.3 is 20.5 Å². The molecule has 1 amide bonds. The Kier molecular flexibility index (Phi) is 5.90. The minimum atomic E-state index is -1.04. The van der Waals surface area contributed by atoms with E-state index >= 15 is 0 Å². The molecule has 0 bridgehead atoms. The van der Waals surface area contributed by atoms with Crippen LogP contribution in [0.25, 0.3) is 0 Å². The van der Waals surface area contributed by atoms with Crippen LogP contribution in [-0.2, 0) is 14.3 Å². The van der Waals surface area contributed by atoms with E-state index in [-0.39, 0.29) is 29.6 Å². The van der Waals surface area contributed by atoms with Gasteiger partial charge in [-0.1, -0.05) is 0 Å². The summed E-state index contributed by atoms with van der Waals surface area (Å²) in [4.78, 5) is 24.2. The van der Waals surface area contributed by atoms with Crippen LogP contribution in [0.15, 0.2) is 0 Å². The molecule has 3 atom stereocenters. The van der Waals surface area contributed by atoms with Crippen LogP contribution in [-0.4, -0.2) is 64.7 Å². The maximum atomic E-state index is 11.9. The lowest BCUT2D eigenvalue weighted by molar-refractivity contribution is -0.140. The van der Waals surface area contributed by atoms with Crippen molar-refractivity contribution >= 4 is 23.6 Å². The number of morpholine rings is 1. The molecular formula is C11H20N2O4S. The number of ether oxygens (including phenoxy) is 1. The van der Waals surface area contributed by atoms with E-state index in [2.05, 4.69) is 0 Å². The molecule has 104 valence electrons. The molecule has 1 aliphatic rings. The molecule has 3 N–H and O–H groups in total. The fourth-order valence-corrected chi connectivity index (χ4v) is 2.69. The van der Waals surface area contributed by atoms with Gasteiger partial charge in [0.2, 0.25) is 5.91 Å². The van der Waals surface area contributed by atoms with Crippen molar-refractivity contribution in [3.05, 3.63) is 0 Å². The number of nitrogens with zero attached hydrogens (tertiary/aromatic N) is 1. The number of hydrogen-bond donors (Lipinski definition) is 2. The standard InChI is InChI=1S/C11H20N2O4S/c1-7-3-13(4-8(2)17-7)10(14)6-18-5-9(12)11(15)16/h7-9H,3-6,12H2,1-2H3,(H,15,16)/t7?,8?,9-/m0/s1. The zero-order chi connectivity index (χ0) is 13.7. The Morgan fingerprint density at radius 3 is 2.50 bits per heavy atom. The van der Waals surface area contributed by atoms with E-state index in [9.17, 15) is 9.59 Å². The second kappa shape index (κ2) is 6.96. The molecule has 1 saturated heterocycles. The number of rotatable bonds is 5. The predicted molar refractivity (Wildman–Crippen MR) is 69.5 cm³/mol. The van der Waals surface area contributed by atoms with Crippen LogP contribution in [0, 0.1) is 0 Å². The third kappa shape index (κ3) is 4.83. The first-order valence-electron chi connectivity index (χ1n) is 5.89. The van der Waals surface area contributed by atoms with Gasteiger partial charge in [0.15, 0.2) is 0 Å². The lowest BCUT2D eigenvalue weighted by Gasteiger charge is -2.35. The molecule has 0 radical (unpaired) electrons. The van der Waals surface area contributed by atoms with Crippen LogP contribution in [0.4, 0.5) is 0 Å². The van der Waals surface area contributed by atoms with Gasteiger partial charge in [-0.2, -0.15) is 0 Å². The van der Waals surface area contributed by atoms with Crippen molar-refractivity contribution in [3.8, 4) is 0 Å². The van der Waals surface area contributed by atoms with Crippen molar-refractivity contribution in [2.24, 2.45) is 5.73 Å². The van der Waals surface area contributed by atoms with Crippen LogP contribution in [0.5, 0.6) is 0 Å². The molecule has 0 aromatic rings. The minimum Gasteiger partial charge on any atom is -0.480 e. The number of aliphatic carboxylic acids is 1. The molecule has 1 heterocycles. The Labute approximate surface area is 111 Å². The van der Waals surface area contributed by atoms with Crippen molar-refractivity contribution in [2.45, 2.75) is 32.1 Å². The van der Waals surface area contributed by atoms with Gasteiger partial charge in [-0.15, -0.1) is 11.8 Å². The molecule has 0 saturated carbocycles. The molecule has 2 unspecified atom stereocenters. The summed E-state index contributed by atoms with van der Waals surface area (Å²) in [6.45, 7) is 5.05. The Hall–Kier alpha value is -0.790. The van der Waals surface area contributed by atoms with Gasteiger partial charge in [-0.05, 0) is 13.8 Å². The van der Waals surface area contributed by atoms with E-state index < -0.39 is 12.0 Å². The molecule has 0 aliphatic carbocycles. The van der Waals surface area contributed by atoms with Crippen molar-refractivity contribution in [3.63, 3.8) is 0 Å².